The standard InChI is InChI=1S/C30H36N2O6S/c1-21-17-32(22(2)19-33)30(34)28-12-8-7-11-27(28)26-10-6-5-9-23(26)20-38-29(21)18-31(3)39(35,36)25-15-13-24(37-4)14-16-25/h5-16,21-22,29,33H,17-20H2,1-4H3/t21-,22-,29+/m0/s1. The van der Waals surface area contributed by atoms with Gasteiger partial charge in [-0.05, 0) is 53.9 Å². The molecule has 0 saturated heterocycles. The van der Waals surface area contributed by atoms with Crippen molar-refractivity contribution in [3.8, 4) is 16.9 Å². The summed E-state index contributed by atoms with van der Waals surface area (Å²) in [5.74, 6) is 0.141. The highest BCUT2D eigenvalue weighted by Gasteiger charge is 2.32. The van der Waals surface area contributed by atoms with Crippen molar-refractivity contribution in [2.24, 2.45) is 5.92 Å². The predicted octanol–water partition coefficient (Wildman–Crippen LogP) is 4.04. The van der Waals surface area contributed by atoms with Crippen molar-refractivity contribution in [2.75, 3.05) is 33.9 Å². The minimum Gasteiger partial charge on any atom is -0.497 e. The van der Waals surface area contributed by atoms with Gasteiger partial charge in [-0.15, -0.1) is 0 Å². The third kappa shape index (κ3) is 6.17. The van der Waals surface area contributed by atoms with Crippen LogP contribution in [0.4, 0.5) is 0 Å². The molecule has 0 spiro atoms. The molecule has 1 aliphatic rings. The van der Waals surface area contributed by atoms with E-state index < -0.39 is 22.2 Å². The molecule has 0 unspecified atom stereocenters. The molecule has 1 amide bonds. The van der Waals surface area contributed by atoms with E-state index in [0.717, 1.165) is 16.7 Å². The summed E-state index contributed by atoms with van der Waals surface area (Å²) >= 11 is 0. The topological polar surface area (TPSA) is 96.4 Å². The average Bonchev–Trinajstić information content (AvgIpc) is 2.98. The lowest BCUT2D eigenvalue weighted by Crippen LogP contribution is -2.47. The Balaban J connectivity index is 1.71. The van der Waals surface area contributed by atoms with Gasteiger partial charge < -0.3 is 19.5 Å². The van der Waals surface area contributed by atoms with Gasteiger partial charge in [0.1, 0.15) is 5.75 Å². The number of carbonyl (C=O) groups excluding carboxylic acids is 1. The summed E-state index contributed by atoms with van der Waals surface area (Å²) in [6.45, 7) is 4.16. The van der Waals surface area contributed by atoms with Crippen molar-refractivity contribution in [1.29, 1.82) is 0 Å². The van der Waals surface area contributed by atoms with E-state index in [1.165, 1.54) is 30.6 Å². The van der Waals surface area contributed by atoms with E-state index in [2.05, 4.69) is 0 Å². The van der Waals surface area contributed by atoms with Crippen LogP contribution in [-0.2, 0) is 21.4 Å². The molecule has 8 nitrogen and oxygen atoms in total. The molecule has 0 aliphatic carbocycles. The van der Waals surface area contributed by atoms with Gasteiger partial charge >= 0.3 is 0 Å². The van der Waals surface area contributed by atoms with Crippen LogP contribution < -0.4 is 4.74 Å². The molecule has 0 fully saturated rings. The van der Waals surface area contributed by atoms with Crippen molar-refractivity contribution in [3.05, 3.63) is 83.9 Å². The molecule has 0 saturated carbocycles. The largest absolute Gasteiger partial charge is 0.497 e. The minimum atomic E-state index is -3.80. The molecule has 3 aromatic carbocycles. The van der Waals surface area contributed by atoms with Gasteiger partial charge in [0.15, 0.2) is 0 Å². The molecular weight excluding hydrogens is 516 g/mol. The summed E-state index contributed by atoms with van der Waals surface area (Å²) in [7, 11) is -0.746. The Morgan fingerprint density at radius 2 is 1.64 bits per heavy atom. The Labute approximate surface area is 230 Å². The number of nitrogens with zero attached hydrogens (tertiary/aromatic N) is 2. The molecule has 9 heteroatoms. The van der Waals surface area contributed by atoms with E-state index >= 15 is 0 Å². The number of fused-ring (bicyclic) bond motifs is 3. The molecule has 3 atom stereocenters. The molecule has 1 heterocycles. The lowest BCUT2D eigenvalue weighted by Gasteiger charge is -2.35. The minimum absolute atomic E-state index is 0.0835. The van der Waals surface area contributed by atoms with Crippen LogP contribution in [0.3, 0.4) is 0 Å². The van der Waals surface area contributed by atoms with Crippen LogP contribution in [0.15, 0.2) is 77.7 Å². The van der Waals surface area contributed by atoms with Crippen molar-refractivity contribution >= 4 is 15.9 Å². The molecule has 1 N–H and O–H groups in total. The third-order valence-electron chi connectivity index (χ3n) is 7.30. The van der Waals surface area contributed by atoms with Crippen molar-refractivity contribution in [1.82, 2.24) is 9.21 Å². The first kappa shape index (κ1) is 28.8. The summed E-state index contributed by atoms with van der Waals surface area (Å²) in [6, 6.07) is 21.0. The van der Waals surface area contributed by atoms with Crippen molar-refractivity contribution in [3.63, 3.8) is 0 Å². The number of ether oxygens (including phenoxy) is 2. The van der Waals surface area contributed by atoms with Gasteiger partial charge in [0.25, 0.3) is 5.91 Å². The van der Waals surface area contributed by atoms with Crippen molar-refractivity contribution < 1.29 is 27.8 Å². The number of rotatable bonds is 7. The van der Waals surface area contributed by atoms with E-state index in [9.17, 15) is 18.3 Å². The number of aliphatic hydroxyl groups excluding tert-OH is 1. The number of carbonyl (C=O) groups is 1. The molecule has 39 heavy (non-hydrogen) atoms. The van der Waals surface area contributed by atoms with Crippen molar-refractivity contribution in [2.45, 2.75) is 37.5 Å². The zero-order chi connectivity index (χ0) is 28.2. The molecule has 3 aromatic rings. The highest BCUT2D eigenvalue weighted by Crippen LogP contribution is 2.31. The average molecular weight is 553 g/mol. The fourth-order valence-corrected chi connectivity index (χ4v) is 6.01. The van der Waals surface area contributed by atoms with Gasteiger partial charge in [-0.25, -0.2) is 8.42 Å². The lowest BCUT2D eigenvalue weighted by atomic mass is 9.94. The van der Waals surface area contributed by atoms with Crippen LogP contribution >= 0.6 is 0 Å². The maximum Gasteiger partial charge on any atom is 0.254 e. The van der Waals surface area contributed by atoms with Gasteiger partial charge in [-0.2, -0.15) is 4.31 Å². The quantitative estimate of drug-likeness (QED) is 0.475. The summed E-state index contributed by atoms with van der Waals surface area (Å²) in [4.78, 5) is 15.7. The van der Waals surface area contributed by atoms with E-state index in [4.69, 9.17) is 9.47 Å². The Morgan fingerprint density at radius 3 is 2.28 bits per heavy atom. The number of sulfonamides is 1. The SMILES string of the molecule is COc1ccc(S(=O)(=O)N(C)C[C@H]2OCc3ccccc3-c3ccccc3C(=O)N([C@@H](C)CO)C[C@@H]2C)cc1. The van der Waals surface area contributed by atoms with Gasteiger partial charge in [0, 0.05) is 31.6 Å². The molecule has 0 radical (unpaired) electrons. The molecule has 208 valence electrons. The Morgan fingerprint density at radius 1 is 1.03 bits per heavy atom. The van der Waals surface area contributed by atoms with Gasteiger partial charge in [-0.3, -0.25) is 4.79 Å². The van der Waals surface area contributed by atoms with Crippen LogP contribution in [0.1, 0.15) is 29.8 Å². The van der Waals surface area contributed by atoms with Crippen LogP contribution in [0.5, 0.6) is 5.75 Å². The van der Waals surface area contributed by atoms with E-state index in [-0.39, 0.29) is 43.0 Å². The van der Waals surface area contributed by atoms with Crippen LogP contribution in [0.25, 0.3) is 11.1 Å². The smallest absolute Gasteiger partial charge is 0.254 e. The number of aliphatic hydroxyl groups is 1. The summed E-state index contributed by atoms with van der Waals surface area (Å²) in [5.41, 5.74) is 3.13. The third-order valence-corrected chi connectivity index (χ3v) is 9.14. The molecular formula is C30H36N2O6S. The lowest BCUT2D eigenvalue weighted by molar-refractivity contribution is -0.0146. The van der Waals surface area contributed by atoms with E-state index in [1.807, 2.05) is 55.5 Å². The van der Waals surface area contributed by atoms with Gasteiger partial charge in [0.05, 0.1) is 37.4 Å². The Bertz CT molecular complexity index is 1390. The molecule has 0 aromatic heterocycles. The van der Waals surface area contributed by atoms with Crippen LogP contribution in [0.2, 0.25) is 0 Å². The maximum atomic E-state index is 13.9. The zero-order valence-electron chi connectivity index (χ0n) is 22.8. The summed E-state index contributed by atoms with van der Waals surface area (Å²) in [6.07, 6.45) is -0.529. The molecule has 4 rings (SSSR count). The first-order valence-electron chi connectivity index (χ1n) is 13.0. The number of likely N-dealkylation sites (N-methyl/N-ethyl adjacent to an activating group) is 1. The molecule has 1 aliphatic heterocycles. The monoisotopic (exact) mass is 552 g/mol. The second kappa shape index (κ2) is 12.3. The van der Waals surface area contributed by atoms with E-state index in [1.54, 1.807) is 24.0 Å². The van der Waals surface area contributed by atoms with Gasteiger partial charge in [-0.1, -0.05) is 49.4 Å². The zero-order valence-corrected chi connectivity index (χ0v) is 23.6. The number of hydrogen-bond donors (Lipinski definition) is 1. The fraction of sp³-hybridized carbons (Fsp3) is 0.367. The van der Waals surface area contributed by atoms with Crippen LogP contribution in [0, 0.1) is 5.92 Å². The first-order chi connectivity index (χ1) is 18.7. The van der Waals surface area contributed by atoms with Crippen LogP contribution in [-0.4, -0.2) is 74.6 Å². The highest BCUT2D eigenvalue weighted by atomic mass is 32.2. The predicted molar refractivity (Wildman–Crippen MR) is 150 cm³/mol. The normalized spacial score (nSPS) is 19.1. The van der Waals surface area contributed by atoms with E-state index in [0.29, 0.717) is 11.3 Å². The second-order valence-corrected chi connectivity index (χ2v) is 12.0. The number of hydrogen-bond acceptors (Lipinski definition) is 6. The Hall–Kier alpha value is -3.24. The molecule has 0 bridgehead atoms. The maximum absolute atomic E-state index is 13.9. The number of methoxy groups -OCH3 is 1. The first-order valence-corrected chi connectivity index (χ1v) is 14.4. The summed E-state index contributed by atoms with van der Waals surface area (Å²) in [5, 5.41) is 10.0. The number of benzene rings is 3. The second-order valence-electron chi connectivity index (χ2n) is 9.98. The summed E-state index contributed by atoms with van der Waals surface area (Å²) < 4.78 is 39.7. The Kier molecular flexibility index (Phi) is 9.07. The fourth-order valence-electron chi connectivity index (χ4n) is 4.83. The number of amides is 1. The highest BCUT2D eigenvalue weighted by molar-refractivity contribution is 7.89. The van der Waals surface area contributed by atoms with Gasteiger partial charge in [0.2, 0.25) is 10.0 Å².